The van der Waals surface area contributed by atoms with Crippen molar-refractivity contribution < 1.29 is 23.7 Å². The highest BCUT2D eigenvalue weighted by Gasteiger charge is 2.06. The largest absolute Gasteiger partial charge is 0.379 e. The van der Waals surface area contributed by atoms with E-state index in [1.54, 1.807) is 0 Å². The van der Waals surface area contributed by atoms with Gasteiger partial charge in [-0.15, -0.1) is 0 Å². The van der Waals surface area contributed by atoms with Gasteiger partial charge in [0.05, 0.1) is 52.9 Å². The first kappa shape index (κ1) is 24.7. The van der Waals surface area contributed by atoms with Crippen LogP contribution in [0.1, 0.15) is 33.6 Å². The summed E-state index contributed by atoms with van der Waals surface area (Å²) in [5, 5.41) is 3.43. The van der Waals surface area contributed by atoms with Gasteiger partial charge in [0, 0.05) is 18.8 Å². The summed E-state index contributed by atoms with van der Waals surface area (Å²) in [5.74, 6) is 0. The second-order valence-electron chi connectivity index (χ2n) is 6.73. The molecule has 0 aliphatic heterocycles. The minimum absolute atomic E-state index is 0.173. The fourth-order valence-electron chi connectivity index (χ4n) is 1.80. The molecule has 0 aromatic heterocycles. The molecule has 0 amide bonds. The van der Waals surface area contributed by atoms with E-state index in [4.69, 9.17) is 29.4 Å². The van der Waals surface area contributed by atoms with Gasteiger partial charge in [-0.1, -0.05) is 0 Å². The molecule has 0 saturated heterocycles. The van der Waals surface area contributed by atoms with Crippen LogP contribution < -0.4 is 11.1 Å². The summed E-state index contributed by atoms with van der Waals surface area (Å²) in [6, 6.07) is 0. The third-order valence-electron chi connectivity index (χ3n) is 3.10. The number of rotatable bonds is 19. The Morgan fingerprint density at radius 3 is 1.32 bits per heavy atom. The number of hydrogen-bond donors (Lipinski definition) is 2. The van der Waals surface area contributed by atoms with E-state index in [1.165, 1.54) is 0 Å². The van der Waals surface area contributed by atoms with E-state index in [0.717, 1.165) is 26.0 Å². The molecule has 0 aromatic rings. The Balaban J connectivity index is 3.01. The van der Waals surface area contributed by atoms with Gasteiger partial charge in [0.1, 0.15) is 0 Å². The quantitative estimate of drug-likeness (QED) is 0.333. The van der Waals surface area contributed by atoms with Crippen LogP contribution in [0.5, 0.6) is 0 Å². The van der Waals surface area contributed by atoms with Crippen LogP contribution in [0.3, 0.4) is 0 Å². The third kappa shape index (κ3) is 23.7. The zero-order chi connectivity index (χ0) is 18.6. The molecule has 0 spiro atoms. The molecule has 0 bridgehead atoms. The van der Waals surface area contributed by atoms with Gasteiger partial charge in [0.25, 0.3) is 0 Å². The van der Waals surface area contributed by atoms with Crippen molar-refractivity contribution in [1.82, 2.24) is 5.32 Å². The Kier molecular flexibility index (Phi) is 18.3. The molecule has 0 aromatic carbocycles. The van der Waals surface area contributed by atoms with Crippen LogP contribution in [-0.4, -0.2) is 84.7 Å². The maximum absolute atomic E-state index is 5.51. The maximum atomic E-state index is 5.51. The molecule has 3 N–H and O–H groups in total. The highest BCUT2D eigenvalue weighted by atomic mass is 16.6. The predicted octanol–water partition coefficient (Wildman–Crippen LogP) is 1.20. The molecular formula is C18H40N2O5. The van der Waals surface area contributed by atoms with Crippen LogP contribution in [0.15, 0.2) is 0 Å². The molecule has 0 aliphatic rings. The Morgan fingerprint density at radius 1 is 0.600 bits per heavy atom. The smallest absolute Gasteiger partial charge is 0.0701 e. The van der Waals surface area contributed by atoms with Gasteiger partial charge in [0.15, 0.2) is 0 Å². The molecule has 0 unspecified atom stereocenters. The molecule has 152 valence electrons. The highest BCUT2D eigenvalue weighted by molar-refractivity contribution is 4.69. The Labute approximate surface area is 153 Å². The van der Waals surface area contributed by atoms with Crippen LogP contribution in [-0.2, 0) is 23.7 Å². The van der Waals surface area contributed by atoms with Crippen molar-refractivity contribution in [3.05, 3.63) is 0 Å². The van der Waals surface area contributed by atoms with Gasteiger partial charge < -0.3 is 34.7 Å². The minimum atomic E-state index is 0.173. The Hall–Kier alpha value is -0.280. The molecular weight excluding hydrogens is 324 g/mol. The molecule has 0 fully saturated rings. The molecule has 0 rings (SSSR count). The van der Waals surface area contributed by atoms with Crippen LogP contribution in [0.4, 0.5) is 0 Å². The lowest BCUT2D eigenvalue weighted by molar-refractivity contribution is -0.0111. The standard InChI is InChI=1S/C18H40N2O5/c1-18(2,3)20-7-5-9-22-11-13-24-15-17-25-16-14-23-12-10-21-8-4-6-19/h20H,4-17,19H2,1-3H3. The van der Waals surface area contributed by atoms with Crippen LogP contribution in [0, 0.1) is 0 Å². The second kappa shape index (κ2) is 18.5. The zero-order valence-electron chi connectivity index (χ0n) is 16.5. The van der Waals surface area contributed by atoms with Gasteiger partial charge in [-0.2, -0.15) is 0 Å². The SMILES string of the molecule is CC(C)(C)NCCCOCCOCCOCCOCCOCCCN. The molecule has 0 radical (unpaired) electrons. The lowest BCUT2D eigenvalue weighted by atomic mass is 10.1. The number of nitrogens with two attached hydrogens (primary N) is 1. The Bertz CT molecular complexity index is 262. The normalized spacial score (nSPS) is 12.0. The average molecular weight is 365 g/mol. The van der Waals surface area contributed by atoms with Crippen molar-refractivity contribution >= 4 is 0 Å². The van der Waals surface area contributed by atoms with Crippen LogP contribution in [0.2, 0.25) is 0 Å². The van der Waals surface area contributed by atoms with Crippen molar-refractivity contribution in [2.24, 2.45) is 5.73 Å². The molecule has 0 atom stereocenters. The van der Waals surface area contributed by atoms with Crippen molar-refractivity contribution in [1.29, 1.82) is 0 Å². The van der Waals surface area contributed by atoms with Gasteiger partial charge in [-0.05, 0) is 46.7 Å². The van der Waals surface area contributed by atoms with E-state index in [-0.39, 0.29) is 5.54 Å². The lowest BCUT2D eigenvalue weighted by Gasteiger charge is -2.20. The Morgan fingerprint density at radius 2 is 0.960 bits per heavy atom. The number of hydrogen-bond acceptors (Lipinski definition) is 7. The van der Waals surface area contributed by atoms with E-state index in [2.05, 4.69) is 26.1 Å². The zero-order valence-corrected chi connectivity index (χ0v) is 16.5. The summed E-state index contributed by atoms with van der Waals surface area (Å²) in [6.45, 7) is 14.3. The first-order valence-corrected chi connectivity index (χ1v) is 9.40. The summed E-state index contributed by atoms with van der Waals surface area (Å²) in [7, 11) is 0. The van der Waals surface area contributed by atoms with Crippen molar-refractivity contribution in [3.63, 3.8) is 0 Å². The summed E-state index contributed by atoms with van der Waals surface area (Å²) in [5.41, 5.74) is 5.54. The van der Waals surface area contributed by atoms with Crippen molar-refractivity contribution in [2.75, 3.05) is 79.2 Å². The van der Waals surface area contributed by atoms with Gasteiger partial charge in [-0.25, -0.2) is 0 Å². The predicted molar refractivity (Wildman–Crippen MR) is 100 cm³/mol. The summed E-state index contributed by atoms with van der Waals surface area (Å²) in [6.07, 6.45) is 1.90. The topological polar surface area (TPSA) is 84.2 Å². The molecule has 25 heavy (non-hydrogen) atoms. The van der Waals surface area contributed by atoms with Crippen LogP contribution >= 0.6 is 0 Å². The van der Waals surface area contributed by atoms with Crippen molar-refractivity contribution in [3.8, 4) is 0 Å². The highest BCUT2D eigenvalue weighted by Crippen LogP contribution is 1.97. The van der Waals surface area contributed by atoms with Crippen molar-refractivity contribution in [2.45, 2.75) is 39.2 Å². The monoisotopic (exact) mass is 364 g/mol. The van der Waals surface area contributed by atoms with E-state index < -0.39 is 0 Å². The van der Waals surface area contributed by atoms with E-state index in [0.29, 0.717) is 66.0 Å². The molecule has 0 aliphatic carbocycles. The first-order valence-electron chi connectivity index (χ1n) is 9.40. The fourth-order valence-corrected chi connectivity index (χ4v) is 1.80. The van der Waals surface area contributed by atoms with Gasteiger partial charge in [0.2, 0.25) is 0 Å². The van der Waals surface area contributed by atoms with E-state index in [1.807, 2.05) is 0 Å². The molecule has 0 heterocycles. The fraction of sp³-hybridized carbons (Fsp3) is 1.00. The minimum Gasteiger partial charge on any atom is -0.379 e. The lowest BCUT2D eigenvalue weighted by Crippen LogP contribution is -2.36. The first-order chi connectivity index (χ1) is 12.1. The summed E-state index contributed by atoms with van der Waals surface area (Å²) in [4.78, 5) is 0. The molecule has 7 nitrogen and oxygen atoms in total. The summed E-state index contributed by atoms with van der Waals surface area (Å²) >= 11 is 0. The average Bonchev–Trinajstić information content (AvgIpc) is 2.56. The van der Waals surface area contributed by atoms with E-state index in [9.17, 15) is 0 Å². The van der Waals surface area contributed by atoms with Gasteiger partial charge in [-0.3, -0.25) is 0 Å². The molecule has 7 heteroatoms. The van der Waals surface area contributed by atoms with Crippen LogP contribution in [0.25, 0.3) is 0 Å². The number of ether oxygens (including phenoxy) is 5. The molecule has 0 saturated carbocycles. The second-order valence-corrected chi connectivity index (χ2v) is 6.73. The van der Waals surface area contributed by atoms with Gasteiger partial charge >= 0.3 is 0 Å². The number of nitrogens with one attached hydrogen (secondary N) is 1. The maximum Gasteiger partial charge on any atom is 0.0701 e. The third-order valence-corrected chi connectivity index (χ3v) is 3.10. The summed E-state index contributed by atoms with van der Waals surface area (Å²) < 4.78 is 27.1. The van der Waals surface area contributed by atoms with E-state index >= 15 is 0 Å².